The van der Waals surface area contributed by atoms with Gasteiger partial charge in [-0.05, 0) is 30.7 Å². The van der Waals surface area contributed by atoms with Gasteiger partial charge in [0, 0.05) is 5.57 Å². The molecule has 0 radical (unpaired) electrons. The highest BCUT2D eigenvalue weighted by molar-refractivity contribution is 5.91. The normalized spacial score (nSPS) is 11.6. The minimum absolute atomic E-state index is 0.0418. The van der Waals surface area contributed by atoms with Crippen molar-refractivity contribution in [2.45, 2.75) is 13.5 Å². The van der Waals surface area contributed by atoms with Crippen molar-refractivity contribution in [2.75, 3.05) is 0 Å². The predicted octanol–water partition coefficient (Wildman–Crippen LogP) is 2.78. The van der Waals surface area contributed by atoms with Gasteiger partial charge < -0.3 is 9.84 Å². The van der Waals surface area contributed by atoms with Crippen LogP contribution in [0.2, 0.25) is 0 Å². The average molecular weight is 228 g/mol. The van der Waals surface area contributed by atoms with Crippen LogP contribution in [-0.2, 0) is 4.79 Å². The quantitative estimate of drug-likeness (QED) is 0.806. The Labute approximate surface area is 91.0 Å². The van der Waals surface area contributed by atoms with E-state index in [4.69, 9.17) is 5.11 Å². The largest absolute Gasteiger partial charge is 0.478 e. The third-order valence-corrected chi connectivity index (χ3v) is 1.83. The topological polar surface area (TPSA) is 46.5 Å². The number of ether oxygens (including phenoxy) is 1. The fraction of sp³-hybridized carbons (Fsp3) is 0.182. The highest BCUT2D eigenvalue weighted by atomic mass is 19.3. The van der Waals surface area contributed by atoms with Crippen molar-refractivity contribution in [3.8, 4) is 5.75 Å². The van der Waals surface area contributed by atoms with Gasteiger partial charge in [-0.3, -0.25) is 0 Å². The van der Waals surface area contributed by atoms with Crippen LogP contribution in [-0.4, -0.2) is 17.7 Å². The number of carbonyl (C=O) groups is 1. The van der Waals surface area contributed by atoms with Gasteiger partial charge in [0.25, 0.3) is 0 Å². The minimum atomic E-state index is -2.86. The Morgan fingerprint density at radius 1 is 1.38 bits per heavy atom. The summed E-state index contributed by atoms with van der Waals surface area (Å²) in [4.78, 5) is 10.5. The summed E-state index contributed by atoms with van der Waals surface area (Å²) in [6.45, 7) is -1.41. The maximum Gasteiger partial charge on any atom is 0.387 e. The SMILES string of the molecule is C/C(=C\c1ccc(OC(F)F)cc1)C(=O)O. The van der Waals surface area contributed by atoms with Crippen molar-refractivity contribution in [3.05, 3.63) is 35.4 Å². The summed E-state index contributed by atoms with van der Waals surface area (Å²) in [5.41, 5.74) is 0.782. The summed E-state index contributed by atoms with van der Waals surface area (Å²) in [7, 11) is 0. The van der Waals surface area contributed by atoms with Gasteiger partial charge in [0.2, 0.25) is 0 Å². The number of carboxylic acids is 1. The number of carboxylic acid groups (broad SMARTS) is 1. The standard InChI is InChI=1S/C11H10F2O3/c1-7(10(14)15)6-8-2-4-9(5-3-8)16-11(12)13/h2-6,11H,1H3,(H,14,15)/b7-6+. The molecule has 0 fully saturated rings. The first-order chi connectivity index (χ1) is 7.49. The highest BCUT2D eigenvalue weighted by Gasteiger charge is 2.04. The molecule has 0 aromatic heterocycles. The van der Waals surface area contributed by atoms with Crippen molar-refractivity contribution >= 4 is 12.0 Å². The molecular weight excluding hydrogens is 218 g/mol. The molecule has 0 saturated heterocycles. The lowest BCUT2D eigenvalue weighted by atomic mass is 10.1. The van der Waals surface area contributed by atoms with Crippen LogP contribution in [0, 0.1) is 0 Å². The van der Waals surface area contributed by atoms with E-state index < -0.39 is 12.6 Å². The van der Waals surface area contributed by atoms with E-state index in [0.717, 1.165) is 0 Å². The van der Waals surface area contributed by atoms with Crippen LogP contribution >= 0.6 is 0 Å². The van der Waals surface area contributed by atoms with Gasteiger partial charge in [0.1, 0.15) is 5.75 Å². The van der Waals surface area contributed by atoms with Crippen molar-refractivity contribution in [1.29, 1.82) is 0 Å². The summed E-state index contributed by atoms with van der Waals surface area (Å²) in [5.74, 6) is -0.979. The van der Waals surface area contributed by atoms with Crippen molar-refractivity contribution < 1.29 is 23.4 Å². The number of hydrogen-bond acceptors (Lipinski definition) is 2. The third kappa shape index (κ3) is 3.68. The molecule has 0 heterocycles. The Balaban J connectivity index is 2.79. The number of rotatable bonds is 4. The van der Waals surface area contributed by atoms with Gasteiger partial charge >= 0.3 is 12.6 Å². The molecule has 3 nitrogen and oxygen atoms in total. The zero-order valence-electron chi connectivity index (χ0n) is 8.48. The maximum absolute atomic E-state index is 11.8. The number of halogens is 2. The second kappa shape index (κ2) is 5.25. The zero-order valence-corrected chi connectivity index (χ0v) is 8.48. The van der Waals surface area contributed by atoms with E-state index in [1.165, 1.54) is 37.3 Å². The first kappa shape index (κ1) is 12.2. The van der Waals surface area contributed by atoms with Crippen LogP contribution in [0.5, 0.6) is 5.75 Å². The predicted molar refractivity (Wildman–Crippen MR) is 54.4 cm³/mol. The molecule has 16 heavy (non-hydrogen) atoms. The first-order valence-electron chi connectivity index (χ1n) is 4.45. The molecule has 0 amide bonds. The molecule has 0 aliphatic heterocycles. The molecule has 0 saturated carbocycles. The molecule has 0 bridgehead atoms. The number of hydrogen-bond donors (Lipinski definition) is 1. The Morgan fingerprint density at radius 2 is 1.94 bits per heavy atom. The van der Waals surface area contributed by atoms with Crippen LogP contribution in [0.1, 0.15) is 12.5 Å². The molecule has 0 aliphatic rings. The molecule has 0 spiro atoms. The van der Waals surface area contributed by atoms with Gasteiger partial charge in [-0.1, -0.05) is 12.1 Å². The van der Waals surface area contributed by atoms with E-state index in [9.17, 15) is 13.6 Å². The van der Waals surface area contributed by atoms with Gasteiger partial charge in [0.05, 0.1) is 0 Å². The van der Waals surface area contributed by atoms with E-state index in [1.54, 1.807) is 0 Å². The van der Waals surface area contributed by atoms with E-state index in [1.807, 2.05) is 0 Å². The first-order valence-corrected chi connectivity index (χ1v) is 4.45. The van der Waals surface area contributed by atoms with E-state index in [0.29, 0.717) is 5.56 Å². The van der Waals surface area contributed by atoms with E-state index in [2.05, 4.69) is 4.74 Å². The number of benzene rings is 1. The molecule has 0 unspecified atom stereocenters. The average Bonchev–Trinajstić information content (AvgIpc) is 2.20. The van der Waals surface area contributed by atoms with Crippen LogP contribution < -0.4 is 4.74 Å². The summed E-state index contributed by atoms with van der Waals surface area (Å²) in [6, 6.07) is 5.72. The minimum Gasteiger partial charge on any atom is -0.478 e. The van der Waals surface area contributed by atoms with Gasteiger partial charge in [-0.15, -0.1) is 0 Å². The van der Waals surface area contributed by atoms with E-state index in [-0.39, 0.29) is 11.3 Å². The summed E-state index contributed by atoms with van der Waals surface area (Å²) in [6.07, 6.45) is 1.44. The maximum atomic E-state index is 11.8. The van der Waals surface area contributed by atoms with Crippen LogP contribution in [0.15, 0.2) is 29.8 Å². The zero-order chi connectivity index (χ0) is 12.1. The van der Waals surface area contributed by atoms with Crippen LogP contribution in [0.25, 0.3) is 6.08 Å². The molecule has 0 atom stereocenters. The second-order valence-electron chi connectivity index (χ2n) is 3.08. The molecule has 1 aromatic rings. The van der Waals surface area contributed by atoms with Crippen LogP contribution in [0.4, 0.5) is 8.78 Å². The Kier molecular flexibility index (Phi) is 3.99. The Bertz CT molecular complexity index is 396. The van der Waals surface area contributed by atoms with Crippen molar-refractivity contribution in [3.63, 3.8) is 0 Å². The fourth-order valence-corrected chi connectivity index (χ4v) is 1.06. The molecule has 86 valence electrons. The summed E-state index contributed by atoms with van der Waals surface area (Å²) >= 11 is 0. The highest BCUT2D eigenvalue weighted by Crippen LogP contribution is 2.16. The molecule has 1 aromatic carbocycles. The summed E-state index contributed by atoms with van der Waals surface area (Å²) < 4.78 is 27.8. The molecule has 5 heteroatoms. The Hall–Kier alpha value is -1.91. The second-order valence-corrected chi connectivity index (χ2v) is 3.08. The third-order valence-electron chi connectivity index (χ3n) is 1.83. The molecule has 1 N–H and O–H groups in total. The van der Waals surface area contributed by atoms with Crippen molar-refractivity contribution in [1.82, 2.24) is 0 Å². The van der Waals surface area contributed by atoms with Gasteiger partial charge in [-0.2, -0.15) is 8.78 Å². The van der Waals surface area contributed by atoms with E-state index >= 15 is 0 Å². The summed E-state index contributed by atoms with van der Waals surface area (Å²) in [5, 5.41) is 8.62. The van der Waals surface area contributed by atoms with Gasteiger partial charge in [0.15, 0.2) is 0 Å². The van der Waals surface area contributed by atoms with Crippen LogP contribution in [0.3, 0.4) is 0 Å². The number of aliphatic carboxylic acids is 1. The lowest BCUT2D eigenvalue weighted by Crippen LogP contribution is -2.01. The Morgan fingerprint density at radius 3 is 2.38 bits per heavy atom. The molecule has 0 aliphatic carbocycles. The monoisotopic (exact) mass is 228 g/mol. The lowest BCUT2D eigenvalue weighted by molar-refractivity contribution is -0.132. The smallest absolute Gasteiger partial charge is 0.387 e. The van der Waals surface area contributed by atoms with Crippen molar-refractivity contribution in [2.24, 2.45) is 0 Å². The fourth-order valence-electron chi connectivity index (χ4n) is 1.06. The number of alkyl halides is 2. The van der Waals surface area contributed by atoms with Gasteiger partial charge in [-0.25, -0.2) is 4.79 Å². The lowest BCUT2D eigenvalue weighted by Gasteiger charge is -2.04. The molecular formula is C11H10F2O3. The molecule has 1 rings (SSSR count).